The monoisotopic (exact) mass is 276 g/mol. The maximum atomic E-state index is 12.2. The van der Waals surface area contributed by atoms with E-state index in [-0.39, 0.29) is 6.42 Å². The SMILES string of the molecule is Cc1ccccc1CC(CC(O)C(F)(F)F)C(=O)O. The third-order valence-electron chi connectivity index (χ3n) is 2.96. The minimum absolute atomic E-state index is 0.0326. The van der Waals surface area contributed by atoms with Crippen molar-refractivity contribution in [1.29, 1.82) is 0 Å². The van der Waals surface area contributed by atoms with Gasteiger partial charge < -0.3 is 10.2 Å². The lowest BCUT2D eigenvalue weighted by molar-refractivity contribution is -0.209. The van der Waals surface area contributed by atoms with Gasteiger partial charge in [-0.25, -0.2) is 0 Å². The number of aliphatic carboxylic acids is 1. The number of hydrogen-bond donors (Lipinski definition) is 2. The Bertz CT molecular complexity index is 443. The van der Waals surface area contributed by atoms with Crippen molar-refractivity contribution >= 4 is 5.97 Å². The molecule has 2 unspecified atom stereocenters. The third-order valence-corrected chi connectivity index (χ3v) is 2.96. The Morgan fingerprint density at radius 1 is 1.32 bits per heavy atom. The fourth-order valence-electron chi connectivity index (χ4n) is 1.78. The van der Waals surface area contributed by atoms with E-state index in [4.69, 9.17) is 10.2 Å². The number of rotatable bonds is 5. The highest BCUT2D eigenvalue weighted by molar-refractivity contribution is 5.70. The second kappa shape index (κ2) is 6.06. The van der Waals surface area contributed by atoms with Gasteiger partial charge in [0, 0.05) is 0 Å². The number of hydrogen-bond acceptors (Lipinski definition) is 2. The number of carbonyl (C=O) groups is 1. The smallest absolute Gasteiger partial charge is 0.414 e. The summed E-state index contributed by atoms with van der Waals surface area (Å²) in [6.45, 7) is 1.76. The molecule has 0 spiro atoms. The lowest BCUT2D eigenvalue weighted by atomic mass is 9.91. The van der Waals surface area contributed by atoms with Crippen molar-refractivity contribution in [3.63, 3.8) is 0 Å². The van der Waals surface area contributed by atoms with Crippen LogP contribution in [0.1, 0.15) is 17.5 Å². The van der Waals surface area contributed by atoms with E-state index in [0.29, 0.717) is 5.56 Å². The predicted octanol–water partition coefficient (Wildman–Crippen LogP) is 2.55. The molecule has 0 saturated heterocycles. The van der Waals surface area contributed by atoms with E-state index < -0.39 is 30.6 Å². The van der Waals surface area contributed by atoms with Crippen LogP contribution in [0.5, 0.6) is 0 Å². The molecule has 0 radical (unpaired) electrons. The molecule has 2 atom stereocenters. The van der Waals surface area contributed by atoms with E-state index in [2.05, 4.69) is 0 Å². The molecule has 106 valence electrons. The molecule has 6 heteroatoms. The van der Waals surface area contributed by atoms with E-state index in [1.807, 2.05) is 0 Å². The van der Waals surface area contributed by atoms with Crippen LogP contribution >= 0.6 is 0 Å². The van der Waals surface area contributed by atoms with Gasteiger partial charge in [0.2, 0.25) is 0 Å². The quantitative estimate of drug-likeness (QED) is 0.869. The zero-order chi connectivity index (χ0) is 14.6. The molecule has 0 aliphatic heterocycles. The van der Waals surface area contributed by atoms with Crippen molar-refractivity contribution in [3.05, 3.63) is 35.4 Å². The average Bonchev–Trinajstić information content (AvgIpc) is 2.29. The summed E-state index contributed by atoms with van der Waals surface area (Å²) < 4.78 is 36.7. The van der Waals surface area contributed by atoms with Gasteiger partial charge in [-0.1, -0.05) is 24.3 Å². The molecule has 0 heterocycles. The van der Waals surface area contributed by atoms with Crippen LogP contribution in [0.2, 0.25) is 0 Å². The first-order valence-electron chi connectivity index (χ1n) is 5.74. The Kier molecular flexibility index (Phi) is 4.94. The van der Waals surface area contributed by atoms with Crippen LogP contribution in [0, 0.1) is 12.8 Å². The van der Waals surface area contributed by atoms with Gasteiger partial charge >= 0.3 is 12.1 Å². The number of aliphatic hydroxyl groups excluding tert-OH is 1. The Hall–Kier alpha value is -1.56. The van der Waals surface area contributed by atoms with Crippen LogP contribution in [0.15, 0.2) is 24.3 Å². The Morgan fingerprint density at radius 3 is 2.37 bits per heavy atom. The molecule has 2 N–H and O–H groups in total. The molecule has 0 amide bonds. The highest BCUT2D eigenvalue weighted by Gasteiger charge is 2.40. The minimum Gasteiger partial charge on any atom is -0.481 e. The van der Waals surface area contributed by atoms with Crippen molar-refractivity contribution in [3.8, 4) is 0 Å². The van der Waals surface area contributed by atoms with Crippen LogP contribution < -0.4 is 0 Å². The number of halogens is 3. The fourth-order valence-corrected chi connectivity index (χ4v) is 1.78. The minimum atomic E-state index is -4.79. The van der Waals surface area contributed by atoms with Crippen molar-refractivity contribution in [2.24, 2.45) is 5.92 Å². The summed E-state index contributed by atoms with van der Waals surface area (Å²) in [6.07, 6.45) is -8.28. The second-order valence-corrected chi connectivity index (χ2v) is 4.46. The van der Waals surface area contributed by atoms with Crippen molar-refractivity contribution < 1.29 is 28.2 Å². The highest BCUT2D eigenvalue weighted by Crippen LogP contribution is 2.27. The Morgan fingerprint density at radius 2 is 1.89 bits per heavy atom. The molecule has 1 rings (SSSR count). The summed E-state index contributed by atoms with van der Waals surface area (Å²) >= 11 is 0. The zero-order valence-corrected chi connectivity index (χ0v) is 10.3. The van der Waals surface area contributed by atoms with Crippen LogP contribution in [-0.4, -0.2) is 28.5 Å². The maximum Gasteiger partial charge on any atom is 0.414 e. The highest BCUT2D eigenvalue weighted by atomic mass is 19.4. The molecule has 0 aliphatic rings. The van der Waals surface area contributed by atoms with Crippen LogP contribution in [-0.2, 0) is 11.2 Å². The van der Waals surface area contributed by atoms with Gasteiger partial charge in [0.15, 0.2) is 6.10 Å². The van der Waals surface area contributed by atoms with Gasteiger partial charge in [-0.2, -0.15) is 13.2 Å². The third kappa shape index (κ3) is 4.55. The standard InChI is InChI=1S/C13H15F3O3/c1-8-4-2-3-5-9(8)6-10(12(18)19)7-11(17)13(14,15)16/h2-5,10-11,17H,6-7H2,1H3,(H,18,19). The van der Waals surface area contributed by atoms with E-state index in [1.54, 1.807) is 31.2 Å². The van der Waals surface area contributed by atoms with Gasteiger partial charge in [-0.3, -0.25) is 4.79 Å². The molecule has 1 aromatic rings. The second-order valence-electron chi connectivity index (χ2n) is 4.46. The molecule has 0 fully saturated rings. The summed E-state index contributed by atoms with van der Waals surface area (Å²) in [5.74, 6) is -2.61. The lowest BCUT2D eigenvalue weighted by Crippen LogP contribution is -2.33. The number of carboxylic acid groups (broad SMARTS) is 1. The van der Waals surface area contributed by atoms with Crippen molar-refractivity contribution in [2.75, 3.05) is 0 Å². The van der Waals surface area contributed by atoms with Gasteiger partial charge in [0.1, 0.15) is 0 Å². The molecule has 0 saturated carbocycles. The predicted molar refractivity (Wildman–Crippen MR) is 62.7 cm³/mol. The normalized spacial score (nSPS) is 15.0. The van der Waals surface area contributed by atoms with E-state index in [0.717, 1.165) is 5.56 Å². The van der Waals surface area contributed by atoms with Crippen LogP contribution in [0.3, 0.4) is 0 Å². The average molecular weight is 276 g/mol. The molecule has 3 nitrogen and oxygen atoms in total. The Labute approximate surface area is 108 Å². The maximum absolute atomic E-state index is 12.2. The van der Waals surface area contributed by atoms with E-state index in [9.17, 15) is 18.0 Å². The summed E-state index contributed by atoms with van der Waals surface area (Å²) in [6, 6.07) is 6.89. The number of benzene rings is 1. The zero-order valence-electron chi connectivity index (χ0n) is 10.3. The van der Waals surface area contributed by atoms with Crippen LogP contribution in [0.4, 0.5) is 13.2 Å². The molecule has 1 aromatic carbocycles. The number of aryl methyl sites for hydroxylation is 1. The molecule has 19 heavy (non-hydrogen) atoms. The van der Waals surface area contributed by atoms with Gasteiger partial charge in [-0.15, -0.1) is 0 Å². The molecular formula is C13H15F3O3. The summed E-state index contributed by atoms with van der Waals surface area (Å²) in [4.78, 5) is 11.0. The van der Waals surface area contributed by atoms with Gasteiger partial charge in [0.25, 0.3) is 0 Å². The fraction of sp³-hybridized carbons (Fsp3) is 0.462. The molecule has 0 aliphatic carbocycles. The topological polar surface area (TPSA) is 57.5 Å². The first-order chi connectivity index (χ1) is 8.71. The van der Waals surface area contributed by atoms with Gasteiger partial charge in [0.05, 0.1) is 5.92 Å². The lowest BCUT2D eigenvalue weighted by Gasteiger charge is -2.19. The largest absolute Gasteiger partial charge is 0.481 e. The number of alkyl halides is 3. The van der Waals surface area contributed by atoms with E-state index in [1.165, 1.54) is 0 Å². The number of aliphatic hydroxyl groups is 1. The summed E-state index contributed by atoms with van der Waals surface area (Å²) in [5, 5.41) is 17.9. The van der Waals surface area contributed by atoms with E-state index >= 15 is 0 Å². The molecular weight excluding hydrogens is 261 g/mol. The number of carboxylic acids is 1. The van der Waals surface area contributed by atoms with Gasteiger partial charge in [-0.05, 0) is 30.9 Å². The van der Waals surface area contributed by atoms with Crippen LogP contribution in [0.25, 0.3) is 0 Å². The first kappa shape index (κ1) is 15.5. The summed E-state index contributed by atoms with van der Waals surface area (Å²) in [5.41, 5.74) is 1.49. The first-order valence-corrected chi connectivity index (χ1v) is 5.74. The van der Waals surface area contributed by atoms with Crippen molar-refractivity contribution in [2.45, 2.75) is 32.0 Å². The van der Waals surface area contributed by atoms with Crippen molar-refractivity contribution in [1.82, 2.24) is 0 Å². The molecule has 0 bridgehead atoms. The summed E-state index contributed by atoms with van der Waals surface area (Å²) in [7, 11) is 0. The molecule has 0 aromatic heterocycles. The Balaban J connectivity index is 2.80.